The first kappa shape index (κ1) is 32.9. The lowest BCUT2D eigenvalue weighted by atomic mass is 10.0. The van der Waals surface area contributed by atoms with Crippen LogP contribution in [0.3, 0.4) is 0 Å². The van der Waals surface area contributed by atoms with E-state index in [-0.39, 0.29) is 29.9 Å². The average molecular weight is 588 g/mol. The van der Waals surface area contributed by atoms with Crippen molar-refractivity contribution in [3.8, 4) is 0 Å². The summed E-state index contributed by atoms with van der Waals surface area (Å²) in [7, 11) is 0. The van der Waals surface area contributed by atoms with Crippen molar-refractivity contribution in [2.45, 2.75) is 56.4 Å². The molecular formula is C27H49N5O7S. The van der Waals surface area contributed by atoms with E-state index in [0.29, 0.717) is 77.5 Å². The molecule has 3 aliphatic heterocycles. The summed E-state index contributed by atoms with van der Waals surface area (Å²) in [5.74, 6) is 1.18. The minimum Gasteiger partial charge on any atom is -0.379 e. The van der Waals surface area contributed by atoms with Gasteiger partial charge in [-0.05, 0) is 19.4 Å². The van der Waals surface area contributed by atoms with Crippen LogP contribution < -0.4 is 16.0 Å². The number of rotatable bonds is 21. The van der Waals surface area contributed by atoms with Crippen molar-refractivity contribution in [2.75, 3.05) is 97.9 Å². The highest BCUT2D eigenvalue weighted by Gasteiger charge is 2.42. The lowest BCUT2D eigenvalue weighted by Crippen LogP contribution is -2.48. The number of hydrogen-bond donors (Lipinski definition) is 3. The molecule has 0 aromatic rings. The molecule has 3 fully saturated rings. The predicted molar refractivity (Wildman–Crippen MR) is 154 cm³/mol. The highest BCUT2D eigenvalue weighted by molar-refractivity contribution is 8.00. The van der Waals surface area contributed by atoms with Crippen LogP contribution >= 0.6 is 11.8 Å². The summed E-state index contributed by atoms with van der Waals surface area (Å²) >= 11 is 1.90. The van der Waals surface area contributed by atoms with Gasteiger partial charge in [0.2, 0.25) is 11.8 Å². The van der Waals surface area contributed by atoms with Gasteiger partial charge in [0.1, 0.15) is 0 Å². The largest absolute Gasteiger partial charge is 0.379 e. The number of fused-ring (bicyclic) bond motifs is 1. The normalized spacial score (nSPS) is 22.7. The molecule has 13 heteroatoms. The average Bonchev–Trinajstić information content (AvgIpc) is 3.52. The summed E-state index contributed by atoms with van der Waals surface area (Å²) in [5, 5.41) is 9.28. The van der Waals surface area contributed by atoms with Crippen LogP contribution in [0.1, 0.15) is 39.0 Å². The number of carbonyl (C=O) groups is 3. The molecule has 3 aliphatic rings. The van der Waals surface area contributed by atoms with Crippen LogP contribution in [0.15, 0.2) is 0 Å². The Hall–Kier alpha value is -1.64. The number of unbranched alkanes of at least 4 members (excludes halogenated alkanes) is 1. The fourth-order valence-corrected chi connectivity index (χ4v) is 6.56. The van der Waals surface area contributed by atoms with Crippen LogP contribution in [-0.4, -0.2) is 143 Å². The summed E-state index contributed by atoms with van der Waals surface area (Å²) < 4.78 is 22.0. The Bertz CT molecular complexity index is 757. The van der Waals surface area contributed by atoms with Gasteiger partial charge in [0.25, 0.3) is 0 Å². The molecule has 0 bridgehead atoms. The molecule has 0 radical (unpaired) electrons. The van der Waals surface area contributed by atoms with Gasteiger partial charge in [0, 0.05) is 50.1 Å². The van der Waals surface area contributed by atoms with Crippen molar-refractivity contribution < 1.29 is 33.3 Å². The van der Waals surface area contributed by atoms with E-state index in [2.05, 4.69) is 27.8 Å². The minimum atomic E-state index is -0.0574. The summed E-state index contributed by atoms with van der Waals surface area (Å²) in [6.07, 6.45) is 3.77. The van der Waals surface area contributed by atoms with E-state index < -0.39 is 0 Å². The fourth-order valence-electron chi connectivity index (χ4n) is 5.02. The molecule has 3 rings (SSSR count). The molecule has 0 saturated carbocycles. The standard InChI is InChI=1S/C27H49N5O7S/c1-2-31-9-11-32(12-10-31)25(34)7-13-36-15-17-38-19-20-39-18-16-37-14-8-28-24(33)6-4-3-5-23-26-22(21-40-23)29-27(35)30-26/h22-23,26H,2-21H2,1H3,(H,28,33)(H2,29,30,35). The van der Waals surface area contributed by atoms with E-state index in [1.54, 1.807) is 0 Å². The number of hydrogen-bond acceptors (Lipinski definition) is 9. The molecular weight excluding hydrogens is 538 g/mol. The molecule has 0 aromatic heterocycles. The lowest BCUT2D eigenvalue weighted by Gasteiger charge is -2.34. The maximum absolute atomic E-state index is 12.2. The summed E-state index contributed by atoms with van der Waals surface area (Å²) in [6.45, 7) is 10.9. The van der Waals surface area contributed by atoms with Gasteiger partial charge in [-0.1, -0.05) is 13.3 Å². The first-order chi connectivity index (χ1) is 19.6. The molecule has 4 amide bonds. The number of nitrogens with one attached hydrogen (secondary N) is 3. The Morgan fingerprint density at radius 2 is 1.52 bits per heavy atom. The van der Waals surface area contributed by atoms with E-state index in [4.69, 9.17) is 18.9 Å². The van der Waals surface area contributed by atoms with Crippen molar-refractivity contribution in [1.82, 2.24) is 25.8 Å². The number of amides is 4. The van der Waals surface area contributed by atoms with E-state index >= 15 is 0 Å². The van der Waals surface area contributed by atoms with Crippen LogP contribution in [0.4, 0.5) is 4.79 Å². The second kappa shape index (κ2) is 19.5. The zero-order valence-electron chi connectivity index (χ0n) is 24.0. The number of nitrogens with zero attached hydrogens (tertiary/aromatic N) is 2. The number of urea groups is 1. The maximum Gasteiger partial charge on any atom is 0.315 e. The van der Waals surface area contributed by atoms with Gasteiger partial charge in [-0.2, -0.15) is 11.8 Å². The monoisotopic (exact) mass is 587 g/mol. The molecule has 12 nitrogen and oxygen atoms in total. The SMILES string of the molecule is CCN1CCN(C(=O)CCOCCOCCOCCOCCNC(=O)CCCCC2SCC3NC(=O)NC32)CC1. The van der Waals surface area contributed by atoms with Crippen LogP contribution in [0.2, 0.25) is 0 Å². The van der Waals surface area contributed by atoms with Gasteiger partial charge in [-0.15, -0.1) is 0 Å². The van der Waals surface area contributed by atoms with Crippen LogP contribution in [0.25, 0.3) is 0 Å². The van der Waals surface area contributed by atoms with E-state index in [1.165, 1.54) is 0 Å². The van der Waals surface area contributed by atoms with Gasteiger partial charge >= 0.3 is 6.03 Å². The van der Waals surface area contributed by atoms with Crippen LogP contribution in [0, 0.1) is 0 Å². The summed E-state index contributed by atoms with van der Waals surface area (Å²) in [5.41, 5.74) is 0. The number of thioether (sulfide) groups is 1. The summed E-state index contributed by atoms with van der Waals surface area (Å²) in [6, 6.07) is 0.422. The zero-order valence-corrected chi connectivity index (χ0v) is 24.9. The molecule has 230 valence electrons. The Balaban J connectivity index is 0.999. The van der Waals surface area contributed by atoms with E-state index in [9.17, 15) is 14.4 Å². The molecule has 3 unspecified atom stereocenters. The predicted octanol–water partition coefficient (Wildman–Crippen LogP) is 0.449. The molecule has 3 heterocycles. The maximum atomic E-state index is 12.2. The molecule has 0 aromatic carbocycles. The number of likely N-dealkylation sites (N-methyl/N-ethyl adjacent to an activating group) is 1. The molecule has 40 heavy (non-hydrogen) atoms. The third kappa shape index (κ3) is 12.5. The molecule has 3 saturated heterocycles. The highest BCUT2D eigenvalue weighted by atomic mass is 32.2. The highest BCUT2D eigenvalue weighted by Crippen LogP contribution is 2.33. The van der Waals surface area contributed by atoms with Crippen molar-refractivity contribution in [2.24, 2.45) is 0 Å². The molecule has 3 N–H and O–H groups in total. The quantitative estimate of drug-likeness (QED) is 0.129. The third-order valence-corrected chi connectivity index (χ3v) is 8.91. The Morgan fingerprint density at radius 1 is 0.875 bits per heavy atom. The minimum absolute atomic E-state index is 0.0471. The molecule has 0 aliphatic carbocycles. The fraction of sp³-hybridized carbons (Fsp3) is 0.889. The van der Waals surface area contributed by atoms with Gasteiger partial charge in [0.15, 0.2) is 0 Å². The lowest BCUT2D eigenvalue weighted by molar-refractivity contribution is -0.134. The smallest absolute Gasteiger partial charge is 0.315 e. The van der Waals surface area contributed by atoms with E-state index in [1.807, 2.05) is 16.7 Å². The summed E-state index contributed by atoms with van der Waals surface area (Å²) in [4.78, 5) is 39.9. The molecule has 0 spiro atoms. The van der Waals surface area contributed by atoms with Gasteiger partial charge in [-0.25, -0.2) is 4.79 Å². The first-order valence-corrected chi connectivity index (χ1v) is 15.9. The van der Waals surface area contributed by atoms with Crippen LogP contribution in [0.5, 0.6) is 0 Å². The Labute approximate surface area is 242 Å². The second-order valence-corrected chi connectivity index (χ2v) is 11.5. The number of carbonyl (C=O) groups excluding carboxylic acids is 3. The Morgan fingerprint density at radius 3 is 2.20 bits per heavy atom. The van der Waals surface area contributed by atoms with Gasteiger partial charge < -0.3 is 44.7 Å². The van der Waals surface area contributed by atoms with Gasteiger partial charge in [-0.3, -0.25) is 9.59 Å². The first-order valence-electron chi connectivity index (χ1n) is 14.8. The third-order valence-electron chi connectivity index (χ3n) is 7.40. The van der Waals surface area contributed by atoms with Crippen molar-refractivity contribution in [3.63, 3.8) is 0 Å². The molecule has 3 atom stereocenters. The van der Waals surface area contributed by atoms with Gasteiger partial charge in [0.05, 0.1) is 71.4 Å². The number of piperazine rings is 1. The zero-order chi connectivity index (χ0) is 28.4. The Kier molecular flexibility index (Phi) is 16.0. The second-order valence-electron chi connectivity index (χ2n) is 10.2. The van der Waals surface area contributed by atoms with E-state index in [0.717, 1.165) is 57.7 Å². The topological polar surface area (TPSA) is 131 Å². The van der Waals surface area contributed by atoms with Crippen molar-refractivity contribution in [3.05, 3.63) is 0 Å². The van der Waals surface area contributed by atoms with Crippen molar-refractivity contribution in [1.29, 1.82) is 0 Å². The van der Waals surface area contributed by atoms with Crippen molar-refractivity contribution >= 4 is 29.6 Å². The van der Waals surface area contributed by atoms with Crippen LogP contribution in [-0.2, 0) is 28.5 Å². The number of ether oxygens (including phenoxy) is 4.